The Morgan fingerprint density at radius 1 is 1.50 bits per heavy atom. The molecule has 0 saturated carbocycles. The van der Waals surface area contributed by atoms with Crippen molar-refractivity contribution in [1.82, 2.24) is 8.43 Å². The summed E-state index contributed by atoms with van der Waals surface area (Å²) in [6, 6.07) is 7.81. The molecule has 0 spiro atoms. The molecule has 1 aliphatic heterocycles. The second kappa shape index (κ2) is 5.42. The van der Waals surface area contributed by atoms with E-state index < -0.39 is 0 Å². The number of hydrogen-bond donors (Lipinski definition) is 1. The number of benzene rings is 1. The van der Waals surface area contributed by atoms with Crippen LogP contribution in [0.5, 0.6) is 0 Å². The van der Waals surface area contributed by atoms with Crippen LogP contribution in [0.25, 0.3) is 0 Å². The Morgan fingerprint density at radius 3 is 3.00 bits per heavy atom. The molecule has 2 nitrogen and oxygen atoms in total. The smallest absolute Gasteiger partial charge is 0.123 e. The van der Waals surface area contributed by atoms with Crippen LogP contribution in [0.4, 0.5) is 4.39 Å². The van der Waals surface area contributed by atoms with E-state index in [-0.39, 0.29) is 5.82 Å². The summed E-state index contributed by atoms with van der Waals surface area (Å²) in [5, 5.41) is 3.32. The molecule has 2 rings (SSSR count). The molecule has 16 heavy (non-hydrogen) atoms. The van der Waals surface area contributed by atoms with Crippen molar-refractivity contribution in [2.75, 3.05) is 13.6 Å². The number of rotatable bonds is 2. The highest BCUT2D eigenvalue weighted by atomic mass is 127. The van der Waals surface area contributed by atoms with E-state index in [9.17, 15) is 4.39 Å². The standard InChI is InChI=1S/C12H16FIN2/c1-15-11-5-6-16(14)12(8-11)9-3-2-4-10(13)7-9/h2-4,7,11-12,15H,5-6,8H2,1H3/t11-,12+/m1/s1. The minimum atomic E-state index is -0.145. The Bertz CT molecular complexity index is 359. The molecule has 4 heteroatoms. The minimum absolute atomic E-state index is 0.145. The number of hydrogen-bond acceptors (Lipinski definition) is 2. The summed E-state index contributed by atoms with van der Waals surface area (Å²) in [6.45, 7) is 1.05. The van der Waals surface area contributed by atoms with E-state index in [4.69, 9.17) is 0 Å². The van der Waals surface area contributed by atoms with Gasteiger partial charge in [0.25, 0.3) is 0 Å². The maximum atomic E-state index is 13.2. The van der Waals surface area contributed by atoms with Crippen molar-refractivity contribution in [3.8, 4) is 0 Å². The quantitative estimate of drug-likeness (QED) is 0.661. The van der Waals surface area contributed by atoms with Gasteiger partial charge in [-0.05, 0) is 37.6 Å². The number of nitrogens with one attached hydrogen (secondary N) is 1. The number of halogens is 2. The maximum absolute atomic E-state index is 13.2. The normalized spacial score (nSPS) is 26.9. The van der Waals surface area contributed by atoms with Crippen molar-refractivity contribution in [1.29, 1.82) is 0 Å². The van der Waals surface area contributed by atoms with Gasteiger partial charge in [0, 0.05) is 41.5 Å². The Morgan fingerprint density at radius 2 is 2.31 bits per heavy atom. The SMILES string of the molecule is CN[C@@H]1CCN(I)[C@H](c2cccc(F)c2)C1. The Hall–Kier alpha value is -0.200. The lowest BCUT2D eigenvalue weighted by molar-refractivity contribution is 0.255. The highest BCUT2D eigenvalue weighted by Gasteiger charge is 2.27. The average molecular weight is 334 g/mol. The summed E-state index contributed by atoms with van der Waals surface area (Å²) in [5.74, 6) is -0.145. The first-order valence-corrected chi connectivity index (χ1v) is 6.52. The Balaban J connectivity index is 2.17. The topological polar surface area (TPSA) is 15.3 Å². The van der Waals surface area contributed by atoms with E-state index in [0.717, 1.165) is 24.9 Å². The maximum Gasteiger partial charge on any atom is 0.123 e. The first kappa shape index (κ1) is 12.3. The highest BCUT2D eigenvalue weighted by Crippen LogP contribution is 2.33. The summed E-state index contributed by atoms with van der Waals surface area (Å²) in [7, 11) is 2.00. The summed E-state index contributed by atoms with van der Waals surface area (Å²) < 4.78 is 15.5. The summed E-state index contributed by atoms with van der Waals surface area (Å²) >= 11 is 2.34. The van der Waals surface area contributed by atoms with Gasteiger partial charge in [-0.25, -0.2) is 7.50 Å². The lowest BCUT2D eigenvalue weighted by Crippen LogP contribution is -2.39. The number of nitrogens with zero attached hydrogens (tertiary/aromatic N) is 1. The second-order valence-electron chi connectivity index (χ2n) is 4.20. The predicted octanol–water partition coefficient (Wildman–Crippen LogP) is 2.90. The molecule has 1 saturated heterocycles. The van der Waals surface area contributed by atoms with E-state index in [0.29, 0.717) is 12.1 Å². The van der Waals surface area contributed by atoms with Crippen molar-refractivity contribution in [2.24, 2.45) is 0 Å². The summed E-state index contributed by atoms with van der Waals surface area (Å²) in [5.41, 5.74) is 1.08. The third-order valence-corrected chi connectivity index (χ3v) is 4.33. The first-order valence-electron chi connectivity index (χ1n) is 5.56. The van der Waals surface area contributed by atoms with Crippen molar-refractivity contribution in [3.05, 3.63) is 35.6 Å². The van der Waals surface area contributed by atoms with Gasteiger partial charge in [0.15, 0.2) is 0 Å². The van der Waals surface area contributed by atoms with Crippen LogP contribution in [0.3, 0.4) is 0 Å². The zero-order valence-corrected chi connectivity index (χ0v) is 11.4. The van der Waals surface area contributed by atoms with E-state index in [1.54, 1.807) is 12.1 Å². The van der Waals surface area contributed by atoms with Gasteiger partial charge in [-0.1, -0.05) is 12.1 Å². The molecule has 1 N–H and O–H groups in total. The van der Waals surface area contributed by atoms with Crippen LogP contribution in [0.15, 0.2) is 24.3 Å². The molecule has 0 radical (unpaired) electrons. The Labute approximate surface area is 110 Å². The highest BCUT2D eigenvalue weighted by molar-refractivity contribution is 14.1. The van der Waals surface area contributed by atoms with Crippen molar-refractivity contribution in [2.45, 2.75) is 24.9 Å². The molecule has 88 valence electrons. The number of piperidine rings is 1. The molecule has 0 aromatic heterocycles. The van der Waals surface area contributed by atoms with Crippen LogP contribution < -0.4 is 5.32 Å². The lowest BCUT2D eigenvalue weighted by atomic mass is 9.94. The predicted molar refractivity (Wildman–Crippen MR) is 71.9 cm³/mol. The van der Waals surface area contributed by atoms with Crippen molar-refractivity contribution in [3.63, 3.8) is 0 Å². The van der Waals surface area contributed by atoms with E-state index in [2.05, 4.69) is 31.3 Å². The van der Waals surface area contributed by atoms with Gasteiger partial charge in [0.05, 0.1) is 0 Å². The van der Waals surface area contributed by atoms with Gasteiger partial charge >= 0.3 is 0 Å². The molecule has 0 bridgehead atoms. The third-order valence-electron chi connectivity index (χ3n) is 3.18. The Kier molecular flexibility index (Phi) is 4.16. The van der Waals surface area contributed by atoms with Crippen LogP contribution in [-0.2, 0) is 0 Å². The monoisotopic (exact) mass is 334 g/mol. The van der Waals surface area contributed by atoms with Crippen LogP contribution in [0.2, 0.25) is 0 Å². The fourth-order valence-electron chi connectivity index (χ4n) is 2.21. The fourth-order valence-corrected chi connectivity index (χ4v) is 3.04. The van der Waals surface area contributed by atoms with Gasteiger partial charge in [-0.2, -0.15) is 0 Å². The molecule has 0 amide bonds. The lowest BCUT2D eigenvalue weighted by Gasteiger charge is -2.35. The molecule has 0 aliphatic carbocycles. The van der Waals surface area contributed by atoms with Crippen LogP contribution in [0.1, 0.15) is 24.4 Å². The van der Waals surface area contributed by atoms with Gasteiger partial charge in [-0.15, -0.1) is 0 Å². The first-order chi connectivity index (χ1) is 7.70. The molecule has 1 fully saturated rings. The molecular weight excluding hydrogens is 318 g/mol. The van der Waals surface area contributed by atoms with Crippen LogP contribution in [-0.4, -0.2) is 22.7 Å². The summed E-state index contributed by atoms with van der Waals surface area (Å²) in [6.07, 6.45) is 2.20. The summed E-state index contributed by atoms with van der Waals surface area (Å²) in [4.78, 5) is 0. The van der Waals surface area contributed by atoms with Gasteiger partial charge in [0.1, 0.15) is 5.82 Å². The van der Waals surface area contributed by atoms with Gasteiger partial charge < -0.3 is 5.32 Å². The molecule has 1 aliphatic rings. The zero-order chi connectivity index (χ0) is 11.5. The largest absolute Gasteiger partial charge is 0.317 e. The van der Waals surface area contributed by atoms with Crippen molar-refractivity contribution < 1.29 is 4.39 Å². The van der Waals surface area contributed by atoms with E-state index in [1.165, 1.54) is 6.07 Å². The minimum Gasteiger partial charge on any atom is -0.317 e. The molecule has 2 atom stereocenters. The van der Waals surface area contributed by atoms with Crippen LogP contribution in [0, 0.1) is 5.82 Å². The molecule has 1 aromatic rings. The van der Waals surface area contributed by atoms with Crippen molar-refractivity contribution >= 4 is 22.9 Å². The average Bonchev–Trinajstić information content (AvgIpc) is 2.30. The molecule has 1 heterocycles. The van der Waals surface area contributed by atoms with E-state index in [1.807, 2.05) is 13.1 Å². The fraction of sp³-hybridized carbons (Fsp3) is 0.500. The molecular formula is C12H16FIN2. The van der Waals surface area contributed by atoms with Crippen LogP contribution >= 0.6 is 22.9 Å². The second-order valence-corrected chi connectivity index (χ2v) is 5.44. The van der Waals surface area contributed by atoms with E-state index >= 15 is 0 Å². The van der Waals surface area contributed by atoms with Gasteiger partial charge in [0.2, 0.25) is 0 Å². The molecule has 1 aromatic carbocycles. The molecule has 0 unspecified atom stereocenters. The zero-order valence-electron chi connectivity index (χ0n) is 9.29. The third kappa shape index (κ3) is 2.73. The van der Waals surface area contributed by atoms with Gasteiger partial charge in [-0.3, -0.25) is 0 Å².